The number of hydrogen-bond donors (Lipinski definition) is 0. The lowest BCUT2D eigenvalue weighted by Gasteiger charge is -2.31. The van der Waals surface area contributed by atoms with Crippen LogP contribution in [0.15, 0.2) is 18.2 Å². The van der Waals surface area contributed by atoms with Crippen molar-refractivity contribution in [1.29, 1.82) is 10.5 Å². The molecular weight excluding hydrogens is 308 g/mol. The topological polar surface area (TPSA) is 54.1 Å². The number of benzene rings is 2. The Morgan fingerprint density at radius 3 is 2.00 bits per heavy atom. The van der Waals surface area contributed by atoms with Crippen molar-refractivity contribution in [2.24, 2.45) is 0 Å². The maximum Gasteiger partial charge on any atom is 0.103 e. The fourth-order valence-corrected chi connectivity index (χ4v) is 3.75. The quantitative estimate of drug-likeness (QED) is 0.767. The molecule has 0 N–H and O–H groups in total. The van der Waals surface area contributed by atoms with Crippen LogP contribution in [0, 0.1) is 50.4 Å². The summed E-state index contributed by atoms with van der Waals surface area (Å²) in [7, 11) is 2.00. The molecule has 1 aliphatic heterocycles. The van der Waals surface area contributed by atoms with Gasteiger partial charge in [0.05, 0.1) is 28.6 Å². The van der Waals surface area contributed by atoms with Crippen molar-refractivity contribution < 1.29 is 0 Å². The van der Waals surface area contributed by atoms with Crippen LogP contribution in [-0.4, -0.2) is 13.2 Å². The van der Waals surface area contributed by atoms with Gasteiger partial charge in [-0.3, -0.25) is 0 Å². The maximum absolute atomic E-state index is 9.58. The summed E-state index contributed by atoms with van der Waals surface area (Å²) in [6.45, 7) is 10.7. The van der Waals surface area contributed by atoms with E-state index in [0.717, 1.165) is 11.4 Å². The summed E-state index contributed by atoms with van der Waals surface area (Å²) in [6, 6.07) is 10.2. The SMILES string of the molecule is Cc1cc(C)c(C)c(N2c3cc(C#N)cc(C#N)c3N(C)[C@@H]2C)c1C. The van der Waals surface area contributed by atoms with Crippen LogP contribution in [0.3, 0.4) is 0 Å². The van der Waals surface area contributed by atoms with Crippen LogP contribution in [0.1, 0.15) is 40.3 Å². The molecule has 0 saturated carbocycles. The maximum atomic E-state index is 9.58. The Bertz CT molecular complexity index is 933. The highest BCUT2D eigenvalue weighted by Crippen LogP contribution is 2.48. The average Bonchev–Trinajstić information content (AvgIpc) is 2.84. The normalized spacial score (nSPS) is 15.8. The summed E-state index contributed by atoms with van der Waals surface area (Å²) in [6.07, 6.45) is 0.0645. The van der Waals surface area contributed by atoms with Gasteiger partial charge in [-0.15, -0.1) is 0 Å². The van der Waals surface area contributed by atoms with E-state index in [-0.39, 0.29) is 6.17 Å². The van der Waals surface area contributed by atoms with Gasteiger partial charge in [0, 0.05) is 12.7 Å². The molecule has 0 bridgehead atoms. The molecule has 0 spiro atoms. The molecule has 126 valence electrons. The summed E-state index contributed by atoms with van der Waals surface area (Å²) in [4.78, 5) is 4.38. The van der Waals surface area contributed by atoms with Gasteiger partial charge >= 0.3 is 0 Å². The minimum absolute atomic E-state index is 0.0645. The van der Waals surface area contributed by atoms with E-state index in [1.165, 1.54) is 27.9 Å². The third-order valence-electron chi connectivity index (χ3n) is 5.45. The molecule has 0 aliphatic carbocycles. The molecule has 0 radical (unpaired) electrons. The van der Waals surface area contributed by atoms with Crippen LogP contribution in [0.25, 0.3) is 0 Å². The standard InChI is InChI=1S/C21H22N4/c1-12-7-13(2)15(4)20(14(12)3)25-16(5)24(6)21-18(11-23)8-17(10-22)9-19(21)25/h7-9,16H,1-6H3/t16-/m0/s1. The largest absolute Gasteiger partial charge is 0.351 e. The van der Waals surface area contributed by atoms with Crippen molar-refractivity contribution in [3.63, 3.8) is 0 Å². The summed E-state index contributed by atoms with van der Waals surface area (Å²) in [5.74, 6) is 0. The van der Waals surface area contributed by atoms with E-state index in [1.54, 1.807) is 6.07 Å². The number of aryl methyl sites for hydroxylation is 2. The Labute approximate surface area is 149 Å². The molecule has 2 aromatic rings. The molecule has 1 aliphatic rings. The second-order valence-corrected chi connectivity index (χ2v) is 6.84. The van der Waals surface area contributed by atoms with Crippen LogP contribution in [0.5, 0.6) is 0 Å². The van der Waals surface area contributed by atoms with Crippen LogP contribution in [0.2, 0.25) is 0 Å². The molecule has 25 heavy (non-hydrogen) atoms. The van der Waals surface area contributed by atoms with Crippen molar-refractivity contribution in [2.45, 2.75) is 40.8 Å². The van der Waals surface area contributed by atoms with Gasteiger partial charge in [-0.25, -0.2) is 0 Å². The molecule has 4 nitrogen and oxygen atoms in total. The Balaban J connectivity index is 2.37. The predicted molar refractivity (Wildman–Crippen MR) is 101 cm³/mol. The zero-order valence-electron chi connectivity index (χ0n) is 15.6. The minimum atomic E-state index is 0.0645. The van der Waals surface area contributed by atoms with Gasteiger partial charge in [0.25, 0.3) is 0 Å². The first-order valence-electron chi connectivity index (χ1n) is 8.39. The number of fused-ring (bicyclic) bond motifs is 1. The van der Waals surface area contributed by atoms with Gasteiger partial charge in [0.1, 0.15) is 12.2 Å². The third-order valence-corrected chi connectivity index (χ3v) is 5.45. The van der Waals surface area contributed by atoms with E-state index < -0.39 is 0 Å². The average molecular weight is 330 g/mol. The highest BCUT2D eigenvalue weighted by atomic mass is 15.4. The van der Waals surface area contributed by atoms with Crippen molar-refractivity contribution in [3.8, 4) is 12.1 Å². The molecule has 0 saturated heterocycles. The molecule has 1 atom stereocenters. The van der Waals surface area contributed by atoms with Crippen molar-refractivity contribution >= 4 is 17.1 Å². The van der Waals surface area contributed by atoms with Gasteiger partial charge < -0.3 is 9.80 Å². The Morgan fingerprint density at radius 1 is 0.880 bits per heavy atom. The van der Waals surface area contributed by atoms with E-state index in [2.05, 4.69) is 62.6 Å². The van der Waals surface area contributed by atoms with E-state index in [1.807, 2.05) is 13.1 Å². The summed E-state index contributed by atoms with van der Waals surface area (Å²) in [5.41, 5.74) is 9.03. The Kier molecular flexibility index (Phi) is 3.93. The highest BCUT2D eigenvalue weighted by molar-refractivity contribution is 5.90. The van der Waals surface area contributed by atoms with Gasteiger partial charge in [0.2, 0.25) is 0 Å². The third kappa shape index (κ3) is 2.34. The van der Waals surface area contributed by atoms with Crippen molar-refractivity contribution in [1.82, 2.24) is 0 Å². The first kappa shape index (κ1) is 16.9. The highest BCUT2D eigenvalue weighted by Gasteiger charge is 2.36. The van der Waals surface area contributed by atoms with E-state index >= 15 is 0 Å². The number of hydrogen-bond acceptors (Lipinski definition) is 4. The fraction of sp³-hybridized carbons (Fsp3) is 0.333. The molecule has 1 heterocycles. The monoisotopic (exact) mass is 330 g/mol. The number of nitriles is 2. The van der Waals surface area contributed by atoms with Crippen LogP contribution in [-0.2, 0) is 0 Å². The van der Waals surface area contributed by atoms with Crippen LogP contribution >= 0.6 is 0 Å². The lowest BCUT2D eigenvalue weighted by atomic mass is 9.97. The lowest BCUT2D eigenvalue weighted by molar-refractivity contribution is 0.730. The number of rotatable bonds is 1. The van der Waals surface area contributed by atoms with Gasteiger partial charge in [-0.2, -0.15) is 10.5 Å². The predicted octanol–water partition coefficient (Wildman–Crippen LogP) is 4.60. The molecule has 4 heteroatoms. The molecule has 0 amide bonds. The zero-order valence-corrected chi connectivity index (χ0v) is 15.6. The molecule has 0 aromatic heterocycles. The second-order valence-electron chi connectivity index (χ2n) is 6.84. The van der Waals surface area contributed by atoms with Gasteiger partial charge in [-0.05, 0) is 69.0 Å². The molecule has 0 unspecified atom stereocenters. The lowest BCUT2D eigenvalue weighted by Crippen LogP contribution is -2.36. The Morgan fingerprint density at radius 2 is 1.48 bits per heavy atom. The summed E-state index contributed by atoms with van der Waals surface area (Å²) >= 11 is 0. The number of nitrogens with zero attached hydrogens (tertiary/aromatic N) is 4. The van der Waals surface area contributed by atoms with Crippen molar-refractivity contribution in [3.05, 3.63) is 51.6 Å². The van der Waals surface area contributed by atoms with E-state index in [0.29, 0.717) is 11.1 Å². The minimum Gasteiger partial charge on any atom is -0.351 e. The molecule has 3 rings (SSSR count). The molecular formula is C21H22N4. The molecule has 0 fully saturated rings. The zero-order chi connectivity index (χ0) is 18.5. The van der Waals surface area contributed by atoms with Gasteiger partial charge in [-0.1, -0.05) is 6.07 Å². The summed E-state index contributed by atoms with van der Waals surface area (Å²) in [5, 5.41) is 19.0. The van der Waals surface area contributed by atoms with E-state index in [9.17, 15) is 10.5 Å². The van der Waals surface area contributed by atoms with Crippen LogP contribution in [0.4, 0.5) is 17.1 Å². The van der Waals surface area contributed by atoms with E-state index in [4.69, 9.17) is 0 Å². The van der Waals surface area contributed by atoms with Gasteiger partial charge in [0.15, 0.2) is 0 Å². The summed E-state index contributed by atoms with van der Waals surface area (Å²) < 4.78 is 0. The first-order valence-corrected chi connectivity index (χ1v) is 8.39. The fourth-order valence-electron chi connectivity index (χ4n) is 3.75. The second kappa shape index (κ2) is 5.83. The Hall–Kier alpha value is -2.98. The first-order chi connectivity index (χ1) is 11.8. The number of anilines is 3. The smallest absolute Gasteiger partial charge is 0.103 e. The molecule has 2 aromatic carbocycles. The van der Waals surface area contributed by atoms with Crippen molar-refractivity contribution in [2.75, 3.05) is 16.8 Å². The van der Waals surface area contributed by atoms with Crippen LogP contribution < -0.4 is 9.80 Å².